The molecule has 1 atom stereocenters. The second-order valence-corrected chi connectivity index (χ2v) is 15.2. The van der Waals surface area contributed by atoms with Crippen molar-refractivity contribution < 1.29 is 18.8 Å². The Balaban J connectivity index is 1.14. The summed E-state index contributed by atoms with van der Waals surface area (Å²) in [5, 5.41) is 16.8. The highest BCUT2D eigenvalue weighted by atomic mass is 16.5. The van der Waals surface area contributed by atoms with Gasteiger partial charge in [-0.1, -0.05) is 71.9 Å². The number of carbonyl (C=O) groups excluding carboxylic acids is 2. The molecule has 56 heavy (non-hydrogen) atoms. The van der Waals surface area contributed by atoms with Gasteiger partial charge in [-0.15, -0.1) is 0 Å². The Morgan fingerprint density at radius 1 is 0.964 bits per heavy atom. The van der Waals surface area contributed by atoms with Crippen LogP contribution in [0.15, 0.2) is 107 Å². The smallest absolute Gasteiger partial charge is 0.246 e. The van der Waals surface area contributed by atoms with Gasteiger partial charge < -0.3 is 29.8 Å². The van der Waals surface area contributed by atoms with E-state index < -0.39 is 0 Å². The molecule has 12 heteroatoms. The minimum atomic E-state index is -0.314. The van der Waals surface area contributed by atoms with Crippen LogP contribution in [0.1, 0.15) is 56.0 Å². The lowest BCUT2D eigenvalue weighted by Gasteiger charge is -2.23. The molecule has 0 spiro atoms. The number of nitrogens with zero attached hydrogens (tertiary/aromatic N) is 4. The van der Waals surface area contributed by atoms with Gasteiger partial charge in [0.1, 0.15) is 18.1 Å². The van der Waals surface area contributed by atoms with Crippen molar-refractivity contribution in [1.82, 2.24) is 20.0 Å². The average Bonchev–Trinajstić information content (AvgIpc) is 3.69. The van der Waals surface area contributed by atoms with E-state index in [1.807, 2.05) is 98.1 Å². The van der Waals surface area contributed by atoms with Gasteiger partial charge in [-0.3, -0.25) is 19.9 Å². The third-order valence-electron chi connectivity index (χ3n) is 9.65. The standard InChI is InChI=1S/C44H48N8O4/c1-28-21-41(56-51-28)49-40(54)27-52-37-20-19-31(22-36(37)48-43(52)46-25-29-11-7-6-8-12-29)32-16-18-34(38(23-32)55-5)26-45-42-33(24-39(53)50-44(2,3)4)17-15-30-13-9-10-14-35(30)47-42/h6-14,16,18-23,33H,15,17,24-27H2,1-5H3,(H,45,47)(H,46,48)(H,49,54)(H,50,53)/t33-/m1/s1. The Morgan fingerprint density at radius 3 is 2.50 bits per heavy atom. The molecule has 0 saturated heterocycles. The summed E-state index contributed by atoms with van der Waals surface area (Å²) >= 11 is 0. The first-order chi connectivity index (χ1) is 27.0. The lowest BCUT2D eigenvalue weighted by Crippen LogP contribution is -2.42. The van der Waals surface area contributed by atoms with E-state index in [0.29, 0.717) is 42.8 Å². The zero-order valence-electron chi connectivity index (χ0n) is 32.5. The van der Waals surface area contributed by atoms with Gasteiger partial charge in [-0.25, -0.2) is 4.98 Å². The summed E-state index contributed by atoms with van der Waals surface area (Å²) in [6.45, 7) is 8.71. The summed E-state index contributed by atoms with van der Waals surface area (Å²) in [5.41, 5.74) is 8.04. The molecule has 0 fully saturated rings. The molecule has 0 unspecified atom stereocenters. The molecule has 1 aliphatic heterocycles. The number of fused-ring (bicyclic) bond motifs is 2. The monoisotopic (exact) mass is 752 g/mol. The van der Waals surface area contributed by atoms with Crippen LogP contribution in [-0.4, -0.2) is 45.0 Å². The lowest BCUT2D eigenvalue weighted by atomic mass is 9.95. The number of aryl methyl sites for hydroxylation is 2. The number of hydrogen-bond donors (Lipinski definition) is 4. The maximum Gasteiger partial charge on any atom is 0.246 e. The predicted molar refractivity (Wildman–Crippen MR) is 221 cm³/mol. The van der Waals surface area contributed by atoms with Gasteiger partial charge in [-0.2, -0.15) is 0 Å². The SMILES string of the molecule is COc1cc(-c2ccc3c(c2)nc(NCc2ccccc2)n3CC(=O)Nc2cc(C)no2)ccc1CN=C1Nc2ccccc2CC[C@@H]1CC(=O)NC(C)(C)C. The second kappa shape index (κ2) is 16.5. The minimum absolute atomic E-state index is 0.00977. The summed E-state index contributed by atoms with van der Waals surface area (Å²) in [7, 11) is 1.66. The van der Waals surface area contributed by atoms with Gasteiger partial charge >= 0.3 is 0 Å². The van der Waals surface area contributed by atoms with Crippen molar-refractivity contribution in [1.29, 1.82) is 0 Å². The molecule has 0 saturated carbocycles. The number of aromatic nitrogens is 3. The maximum absolute atomic E-state index is 13.2. The van der Waals surface area contributed by atoms with Gasteiger partial charge in [0.25, 0.3) is 0 Å². The molecular formula is C44H48N8O4. The quantitative estimate of drug-likeness (QED) is 0.0980. The fourth-order valence-electron chi connectivity index (χ4n) is 6.98. The van der Waals surface area contributed by atoms with Crippen LogP contribution in [0.25, 0.3) is 22.2 Å². The van der Waals surface area contributed by atoms with E-state index in [4.69, 9.17) is 19.2 Å². The maximum atomic E-state index is 13.2. The van der Waals surface area contributed by atoms with Crippen LogP contribution in [0.4, 0.5) is 17.5 Å². The van der Waals surface area contributed by atoms with E-state index in [0.717, 1.165) is 57.7 Å². The average molecular weight is 753 g/mol. The highest BCUT2D eigenvalue weighted by Crippen LogP contribution is 2.32. The number of ether oxygens (including phenoxy) is 1. The van der Waals surface area contributed by atoms with Crippen molar-refractivity contribution in [2.24, 2.45) is 10.9 Å². The summed E-state index contributed by atoms with van der Waals surface area (Å²) in [6.07, 6.45) is 2.02. The third-order valence-corrected chi connectivity index (χ3v) is 9.65. The normalized spacial score (nSPS) is 14.8. The number of hydrogen-bond acceptors (Lipinski definition) is 8. The molecule has 0 bridgehead atoms. The minimum Gasteiger partial charge on any atom is -0.496 e. The Labute approximate surface area is 326 Å². The van der Waals surface area contributed by atoms with Crippen molar-refractivity contribution in [3.63, 3.8) is 0 Å². The number of rotatable bonds is 12. The highest BCUT2D eigenvalue weighted by molar-refractivity contribution is 6.00. The molecule has 6 aromatic rings. The molecule has 1 aliphatic rings. The Morgan fingerprint density at radius 2 is 1.73 bits per heavy atom. The van der Waals surface area contributed by atoms with Gasteiger partial charge in [0.05, 0.1) is 30.4 Å². The van der Waals surface area contributed by atoms with Crippen molar-refractivity contribution in [2.75, 3.05) is 23.1 Å². The second-order valence-electron chi connectivity index (χ2n) is 15.2. The van der Waals surface area contributed by atoms with E-state index in [9.17, 15) is 9.59 Å². The van der Waals surface area contributed by atoms with Crippen LogP contribution in [0.5, 0.6) is 5.75 Å². The summed E-state index contributed by atoms with van der Waals surface area (Å²) in [6, 6.07) is 32.1. The number of amides is 2. The summed E-state index contributed by atoms with van der Waals surface area (Å²) < 4.78 is 13.0. The van der Waals surface area contributed by atoms with Crippen molar-refractivity contribution in [3.8, 4) is 16.9 Å². The van der Waals surface area contributed by atoms with E-state index >= 15 is 0 Å². The van der Waals surface area contributed by atoms with Crippen molar-refractivity contribution in [2.45, 2.75) is 72.1 Å². The number of aliphatic imine (C=N–C) groups is 1. The van der Waals surface area contributed by atoms with Crippen molar-refractivity contribution >= 4 is 46.2 Å². The Hall–Kier alpha value is -6.43. The molecule has 3 heterocycles. The van der Waals surface area contributed by atoms with Crippen LogP contribution in [0.2, 0.25) is 0 Å². The van der Waals surface area contributed by atoms with Gasteiger partial charge in [-0.05, 0) is 87.1 Å². The number of carbonyl (C=O) groups is 2. The number of methoxy groups -OCH3 is 1. The largest absolute Gasteiger partial charge is 0.496 e. The highest BCUT2D eigenvalue weighted by Gasteiger charge is 2.26. The Kier molecular flexibility index (Phi) is 11.2. The van der Waals surface area contributed by atoms with Crippen LogP contribution < -0.4 is 26.0 Å². The zero-order chi connectivity index (χ0) is 39.2. The fourth-order valence-corrected chi connectivity index (χ4v) is 6.98. The van der Waals surface area contributed by atoms with E-state index in [-0.39, 0.29) is 29.8 Å². The van der Waals surface area contributed by atoms with Gasteiger partial charge in [0.2, 0.25) is 23.6 Å². The Bertz CT molecular complexity index is 2370. The molecule has 4 aromatic carbocycles. The van der Waals surface area contributed by atoms with E-state index in [2.05, 4.69) is 44.6 Å². The number of benzene rings is 4. The first kappa shape index (κ1) is 37.9. The van der Waals surface area contributed by atoms with Gasteiger partial charge in [0, 0.05) is 41.7 Å². The van der Waals surface area contributed by atoms with Crippen LogP contribution >= 0.6 is 0 Å². The first-order valence-electron chi connectivity index (χ1n) is 18.9. The van der Waals surface area contributed by atoms with Crippen LogP contribution in [0.3, 0.4) is 0 Å². The number of imidazole rings is 1. The van der Waals surface area contributed by atoms with E-state index in [1.54, 1.807) is 20.1 Å². The molecule has 12 nitrogen and oxygen atoms in total. The number of amidine groups is 1. The number of nitrogens with one attached hydrogen (secondary N) is 4. The summed E-state index contributed by atoms with van der Waals surface area (Å²) in [4.78, 5) is 36.3. The molecular weight excluding hydrogens is 705 g/mol. The molecule has 288 valence electrons. The van der Waals surface area contributed by atoms with Crippen LogP contribution in [0, 0.1) is 12.8 Å². The topological polar surface area (TPSA) is 148 Å². The summed E-state index contributed by atoms with van der Waals surface area (Å²) in [5.74, 6) is 2.05. The molecule has 2 amide bonds. The van der Waals surface area contributed by atoms with Crippen molar-refractivity contribution in [3.05, 3.63) is 119 Å². The molecule has 2 aromatic heterocycles. The fraction of sp³-hybridized carbons (Fsp3) is 0.295. The zero-order valence-corrected chi connectivity index (χ0v) is 32.5. The lowest BCUT2D eigenvalue weighted by molar-refractivity contribution is -0.123. The first-order valence-corrected chi connectivity index (χ1v) is 18.9. The number of anilines is 3. The molecule has 7 rings (SSSR count). The molecule has 0 aliphatic carbocycles. The third kappa shape index (κ3) is 9.26. The van der Waals surface area contributed by atoms with E-state index in [1.165, 1.54) is 5.56 Å². The predicted octanol–water partition coefficient (Wildman–Crippen LogP) is 8.14. The van der Waals surface area contributed by atoms with Gasteiger partial charge in [0.15, 0.2) is 0 Å². The molecule has 4 N–H and O–H groups in total. The molecule has 0 radical (unpaired) electrons. The van der Waals surface area contributed by atoms with Crippen LogP contribution in [-0.2, 0) is 35.6 Å². The number of para-hydroxylation sites is 1.